The lowest BCUT2D eigenvalue weighted by Gasteiger charge is -2.38. The molecule has 2 fully saturated rings. The van der Waals surface area contributed by atoms with E-state index in [0.29, 0.717) is 29.3 Å². The van der Waals surface area contributed by atoms with Gasteiger partial charge in [-0.2, -0.15) is 0 Å². The number of aryl methyl sites for hydroxylation is 1. The molecule has 35 heavy (non-hydrogen) atoms. The zero-order valence-corrected chi connectivity index (χ0v) is 21.0. The third-order valence-electron chi connectivity index (χ3n) is 6.83. The topological polar surface area (TPSA) is 105 Å². The quantitative estimate of drug-likeness (QED) is 0.474. The molecule has 1 saturated carbocycles. The average molecular weight is 484 g/mol. The largest absolute Gasteiger partial charge is 0.481 e. The van der Waals surface area contributed by atoms with Gasteiger partial charge in [0.1, 0.15) is 5.76 Å². The minimum atomic E-state index is -0.790. The number of amides is 1. The lowest BCUT2D eigenvalue weighted by Crippen LogP contribution is -2.42. The van der Waals surface area contributed by atoms with Gasteiger partial charge in [-0.3, -0.25) is 9.59 Å². The molecule has 2 aliphatic rings. The summed E-state index contributed by atoms with van der Waals surface area (Å²) in [6, 6.07) is 8.22. The predicted molar refractivity (Wildman–Crippen MR) is 134 cm³/mol. The van der Waals surface area contributed by atoms with Crippen LogP contribution in [0.25, 0.3) is 0 Å². The fourth-order valence-corrected chi connectivity index (χ4v) is 5.07. The number of carbonyl (C=O) groups excluding carboxylic acids is 1. The van der Waals surface area contributed by atoms with Crippen LogP contribution < -0.4 is 10.2 Å². The molecule has 1 aliphatic carbocycles. The Morgan fingerprint density at radius 3 is 2.51 bits per heavy atom. The van der Waals surface area contributed by atoms with E-state index in [1.807, 2.05) is 6.07 Å². The van der Waals surface area contributed by atoms with Crippen molar-refractivity contribution in [1.29, 1.82) is 0 Å². The summed E-state index contributed by atoms with van der Waals surface area (Å²) in [5.41, 5.74) is 3.27. The monoisotopic (exact) mass is 483 g/mol. The van der Waals surface area contributed by atoms with Crippen LogP contribution in [0, 0.1) is 18.8 Å². The lowest BCUT2D eigenvalue weighted by molar-refractivity contribution is -0.137. The first-order chi connectivity index (χ1) is 16.8. The molecule has 1 unspecified atom stereocenters. The number of carbonyl (C=O) groups is 2. The number of carboxylic acids is 1. The number of aliphatic carboxylic acids is 1. The summed E-state index contributed by atoms with van der Waals surface area (Å²) in [5, 5.41) is 16.6. The Balaban J connectivity index is 1.67. The molecule has 4 rings (SSSR count). The number of benzene rings is 1. The van der Waals surface area contributed by atoms with Crippen molar-refractivity contribution in [2.45, 2.75) is 71.3 Å². The van der Waals surface area contributed by atoms with Crippen molar-refractivity contribution in [2.75, 3.05) is 30.0 Å². The van der Waals surface area contributed by atoms with E-state index in [2.05, 4.69) is 41.4 Å². The van der Waals surface area contributed by atoms with E-state index in [4.69, 9.17) is 9.26 Å². The van der Waals surface area contributed by atoms with Crippen LogP contribution in [0.15, 0.2) is 28.8 Å². The standard InChI is InChI=1S/C27H37N3O5/c1-17(2)16-30(22-8-10-34-11-9-22)25-7-6-20(23(15-27(32)33)19-4-5-19)13-24(25)28-26(31)14-21-12-18(3)35-29-21/h6-7,12-13,17,19,22-23H,4-5,8-11,14-16H2,1-3H3,(H,28,31)(H,32,33). The SMILES string of the molecule is Cc1cc(CC(=O)Nc2cc(C(CC(=O)O)C3CC3)ccc2N(CC(C)C)C2CCOCC2)no1. The Labute approximate surface area is 207 Å². The van der Waals surface area contributed by atoms with Crippen molar-refractivity contribution >= 4 is 23.3 Å². The van der Waals surface area contributed by atoms with Gasteiger partial charge in [0.2, 0.25) is 5.91 Å². The molecule has 1 aromatic heterocycles. The first-order valence-corrected chi connectivity index (χ1v) is 12.7. The maximum absolute atomic E-state index is 13.0. The normalized spacial score (nSPS) is 17.4. The summed E-state index contributed by atoms with van der Waals surface area (Å²) >= 11 is 0. The third kappa shape index (κ3) is 6.84. The molecule has 8 heteroatoms. The molecule has 1 atom stereocenters. The highest BCUT2D eigenvalue weighted by Crippen LogP contribution is 2.46. The molecule has 2 aromatic rings. The molecule has 0 radical (unpaired) electrons. The van der Waals surface area contributed by atoms with E-state index in [1.165, 1.54) is 0 Å². The first-order valence-electron chi connectivity index (χ1n) is 12.7. The smallest absolute Gasteiger partial charge is 0.303 e. The Morgan fingerprint density at radius 2 is 1.91 bits per heavy atom. The molecule has 0 spiro atoms. The molecule has 1 amide bonds. The number of nitrogens with zero attached hydrogens (tertiary/aromatic N) is 2. The molecular weight excluding hydrogens is 446 g/mol. The van der Waals surface area contributed by atoms with Crippen LogP contribution in [0.5, 0.6) is 0 Å². The van der Waals surface area contributed by atoms with Crippen LogP contribution in [0.3, 0.4) is 0 Å². The molecule has 1 saturated heterocycles. The fourth-order valence-electron chi connectivity index (χ4n) is 5.07. The summed E-state index contributed by atoms with van der Waals surface area (Å²) in [7, 11) is 0. The van der Waals surface area contributed by atoms with Crippen molar-refractivity contribution in [3.8, 4) is 0 Å². The van der Waals surface area contributed by atoms with E-state index >= 15 is 0 Å². The van der Waals surface area contributed by atoms with Crippen molar-refractivity contribution in [2.24, 2.45) is 11.8 Å². The number of anilines is 2. The summed E-state index contributed by atoms with van der Waals surface area (Å²) in [5.74, 6) is 0.485. The minimum Gasteiger partial charge on any atom is -0.481 e. The molecule has 0 bridgehead atoms. The second-order valence-corrected chi connectivity index (χ2v) is 10.4. The van der Waals surface area contributed by atoms with Gasteiger partial charge in [-0.05, 0) is 68.1 Å². The molecule has 2 N–H and O–H groups in total. The van der Waals surface area contributed by atoms with E-state index in [9.17, 15) is 14.7 Å². The number of aromatic nitrogens is 1. The Bertz CT molecular complexity index is 1020. The van der Waals surface area contributed by atoms with Gasteiger partial charge < -0.3 is 24.6 Å². The van der Waals surface area contributed by atoms with Gasteiger partial charge in [0.15, 0.2) is 0 Å². The summed E-state index contributed by atoms with van der Waals surface area (Å²) in [6.45, 7) is 8.51. The zero-order valence-electron chi connectivity index (χ0n) is 21.0. The van der Waals surface area contributed by atoms with Gasteiger partial charge in [-0.15, -0.1) is 0 Å². The Kier molecular flexibility index (Phi) is 8.11. The lowest BCUT2D eigenvalue weighted by atomic mass is 9.90. The summed E-state index contributed by atoms with van der Waals surface area (Å²) in [6.07, 6.45) is 4.19. The minimum absolute atomic E-state index is 0.0444. The van der Waals surface area contributed by atoms with Gasteiger partial charge in [-0.25, -0.2) is 0 Å². The molecule has 8 nitrogen and oxygen atoms in total. The van der Waals surface area contributed by atoms with Gasteiger partial charge in [0.05, 0.1) is 29.9 Å². The van der Waals surface area contributed by atoms with Crippen molar-refractivity contribution < 1.29 is 24.0 Å². The number of hydrogen-bond donors (Lipinski definition) is 2. The molecular formula is C27H37N3O5. The number of ether oxygens (including phenoxy) is 1. The van der Waals surface area contributed by atoms with Crippen LogP contribution in [-0.2, 0) is 20.7 Å². The van der Waals surface area contributed by atoms with Crippen molar-refractivity contribution in [3.63, 3.8) is 0 Å². The van der Waals surface area contributed by atoms with Crippen molar-refractivity contribution in [1.82, 2.24) is 5.16 Å². The van der Waals surface area contributed by atoms with Crippen LogP contribution in [0.1, 0.15) is 68.9 Å². The van der Waals surface area contributed by atoms with Crippen LogP contribution >= 0.6 is 0 Å². The van der Waals surface area contributed by atoms with Crippen LogP contribution in [0.4, 0.5) is 11.4 Å². The Morgan fingerprint density at radius 1 is 1.17 bits per heavy atom. The first kappa shape index (κ1) is 25.2. The second kappa shape index (κ2) is 11.2. The van der Waals surface area contributed by atoms with Crippen molar-refractivity contribution in [3.05, 3.63) is 41.3 Å². The number of carboxylic acid groups (broad SMARTS) is 1. The molecule has 2 heterocycles. The molecule has 1 aliphatic heterocycles. The third-order valence-corrected chi connectivity index (χ3v) is 6.83. The molecule has 190 valence electrons. The van der Waals surface area contributed by atoms with E-state index in [0.717, 1.165) is 62.4 Å². The van der Waals surface area contributed by atoms with Gasteiger partial charge in [0.25, 0.3) is 0 Å². The number of hydrogen-bond acceptors (Lipinski definition) is 6. The number of rotatable bonds is 11. The second-order valence-electron chi connectivity index (χ2n) is 10.4. The maximum Gasteiger partial charge on any atom is 0.303 e. The summed E-state index contributed by atoms with van der Waals surface area (Å²) in [4.78, 5) is 27.0. The van der Waals surface area contributed by atoms with Gasteiger partial charge in [0, 0.05) is 31.9 Å². The highest BCUT2D eigenvalue weighted by atomic mass is 16.5. The average Bonchev–Trinajstić information content (AvgIpc) is 3.58. The Hall–Kier alpha value is -2.87. The van der Waals surface area contributed by atoms with Gasteiger partial charge >= 0.3 is 5.97 Å². The van der Waals surface area contributed by atoms with E-state index in [1.54, 1.807) is 13.0 Å². The zero-order chi connectivity index (χ0) is 24.9. The van der Waals surface area contributed by atoms with E-state index in [-0.39, 0.29) is 24.7 Å². The maximum atomic E-state index is 13.0. The highest BCUT2D eigenvalue weighted by Gasteiger charge is 2.34. The fraction of sp³-hybridized carbons (Fsp3) is 0.593. The molecule has 1 aromatic carbocycles. The van der Waals surface area contributed by atoms with Crippen LogP contribution in [0.2, 0.25) is 0 Å². The van der Waals surface area contributed by atoms with Gasteiger partial charge in [-0.1, -0.05) is 25.1 Å². The summed E-state index contributed by atoms with van der Waals surface area (Å²) < 4.78 is 10.7. The van der Waals surface area contributed by atoms with E-state index < -0.39 is 5.97 Å². The number of nitrogens with one attached hydrogen (secondary N) is 1. The predicted octanol–water partition coefficient (Wildman–Crippen LogP) is 4.77. The highest BCUT2D eigenvalue weighted by molar-refractivity contribution is 5.95. The van der Waals surface area contributed by atoms with Crippen LogP contribution in [-0.4, -0.2) is 47.9 Å².